The number of aromatic nitrogens is 2. The first-order valence-corrected chi connectivity index (χ1v) is 13.0. The maximum atomic E-state index is 12.5. The van der Waals surface area contributed by atoms with E-state index in [1.165, 1.54) is 6.07 Å². The number of aromatic carboxylic acids is 1. The summed E-state index contributed by atoms with van der Waals surface area (Å²) in [4.78, 5) is 20.8. The van der Waals surface area contributed by atoms with Gasteiger partial charge >= 0.3 is 5.97 Å². The molecule has 0 radical (unpaired) electrons. The van der Waals surface area contributed by atoms with E-state index >= 15 is 0 Å². The number of Topliss-reactive ketones (excluding diaryl/α,β-unsaturated/α-hetero) is 1. The van der Waals surface area contributed by atoms with Gasteiger partial charge in [0.2, 0.25) is 0 Å². The summed E-state index contributed by atoms with van der Waals surface area (Å²) in [5.74, 6) is -1.36. The van der Waals surface area contributed by atoms with Gasteiger partial charge in [-0.3, -0.25) is 4.79 Å². The number of fused-ring (bicyclic) bond motifs is 2. The summed E-state index contributed by atoms with van der Waals surface area (Å²) < 4.78 is 10.4. The lowest BCUT2D eigenvalue weighted by molar-refractivity contribution is -0.119. The maximum Gasteiger partial charge on any atom is 0.336 e. The van der Waals surface area contributed by atoms with Crippen LogP contribution in [-0.4, -0.2) is 36.9 Å². The largest absolute Gasteiger partial charge is 0.478 e. The highest BCUT2D eigenvalue weighted by molar-refractivity contribution is 6.63. The number of nitrogens with zero attached hydrogens (tertiary/aromatic N) is 2. The molecule has 0 aliphatic heterocycles. The number of halogens is 6. The number of hydrogen-bond acceptors (Lipinski definition) is 6. The number of rotatable bonds is 3. The first-order valence-electron chi connectivity index (χ1n) is 10.7. The zero-order valence-electron chi connectivity index (χ0n) is 19.6. The predicted molar refractivity (Wildman–Crippen MR) is 142 cm³/mol. The van der Waals surface area contributed by atoms with Crippen LogP contribution in [0.1, 0.15) is 45.9 Å². The average Bonchev–Trinajstić information content (AvgIpc) is 3.52. The molecule has 1 fully saturated rings. The summed E-state index contributed by atoms with van der Waals surface area (Å²) in [6.45, 7) is 7.01. The van der Waals surface area contributed by atoms with E-state index in [0.717, 1.165) is 0 Å². The van der Waals surface area contributed by atoms with Crippen LogP contribution in [0.5, 0.6) is 0 Å². The Balaban J connectivity index is 0.000000173. The van der Waals surface area contributed by atoms with Gasteiger partial charge in [0.25, 0.3) is 0 Å². The van der Waals surface area contributed by atoms with Crippen LogP contribution >= 0.6 is 69.6 Å². The number of aryl methyl sites for hydroxylation is 2. The van der Waals surface area contributed by atoms with Gasteiger partial charge in [-0.2, -0.15) is 0 Å². The van der Waals surface area contributed by atoms with Crippen LogP contribution in [0.25, 0.3) is 11.3 Å². The first-order chi connectivity index (χ1) is 17.2. The van der Waals surface area contributed by atoms with Gasteiger partial charge in [-0.25, -0.2) is 4.79 Å². The zero-order chi connectivity index (χ0) is 27.6. The monoisotopic (exact) mass is 624 g/mol. The molecule has 1 saturated carbocycles. The Kier molecular flexibility index (Phi) is 7.47. The highest BCUT2D eigenvalue weighted by atomic mass is 35.5. The fraction of sp³-hybridized carbons (Fsp3) is 0.333. The minimum Gasteiger partial charge on any atom is -0.478 e. The molecular formula is C24H18Cl6N2O5. The van der Waals surface area contributed by atoms with Crippen LogP contribution in [0, 0.1) is 26.7 Å². The highest BCUT2D eigenvalue weighted by Crippen LogP contribution is 2.68. The highest BCUT2D eigenvalue weighted by Gasteiger charge is 2.75. The zero-order valence-corrected chi connectivity index (χ0v) is 24.2. The molecule has 2 heterocycles. The van der Waals surface area contributed by atoms with E-state index in [4.69, 9.17) is 83.8 Å². The number of carbonyl (C=O) groups is 2. The molecule has 7 nitrogen and oxygen atoms in total. The number of benzene rings is 1. The molecule has 0 saturated heterocycles. The average molecular weight is 627 g/mol. The molecule has 2 aliphatic carbocycles. The van der Waals surface area contributed by atoms with Gasteiger partial charge in [0.05, 0.1) is 43.0 Å². The summed E-state index contributed by atoms with van der Waals surface area (Å²) >= 11 is 37.2. The van der Waals surface area contributed by atoms with Gasteiger partial charge in [0, 0.05) is 17.7 Å². The van der Waals surface area contributed by atoms with Crippen molar-refractivity contribution in [2.24, 2.45) is 5.92 Å². The molecule has 196 valence electrons. The Morgan fingerprint density at radius 2 is 1.51 bits per heavy atom. The van der Waals surface area contributed by atoms with Gasteiger partial charge in [0.15, 0.2) is 16.4 Å². The molecule has 2 aliphatic rings. The van der Waals surface area contributed by atoms with Crippen LogP contribution in [0.3, 0.4) is 0 Å². The lowest BCUT2D eigenvalue weighted by Gasteiger charge is -2.31. The van der Waals surface area contributed by atoms with Gasteiger partial charge in [-0.05, 0) is 38.3 Å². The molecule has 4 atom stereocenters. The van der Waals surface area contributed by atoms with Crippen molar-refractivity contribution in [1.82, 2.24) is 10.3 Å². The number of allylic oxidation sites excluding steroid dienone is 2. The van der Waals surface area contributed by atoms with Crippen molar-refractivity contribution < 1.29 is 23.7 Å². The second-order valence-corrected chi connectivity index (χ2v) is 11.6. The topological polar surface area (TPSA) is 106 Å². The van der Waals surface area contributed by atoms with E-state index in [9.17, 15) is 9.59 Å². The first kappa shape index (κ1) is 28.3. The molecule has 1 N–H and O–H groups in total. The molecule has 2 bridgehead atoms. The fourth-order valence-corrected chi connectivity index (χ4v) is 7.04. The number of alkyl halides is 2. The van der Waals surface area contributed by atoms with Crippen LogP contribution in [-0.2, 0) is 4.79 Å². The normalized spacial score (nSPS) is 26.5. The van der Waals surface area contributed by atoms with Crippen LogP contribution in [0.4, 0.5) is 0 Å². The minimum absolute atomic E-state index is 0.0907. The van der Waals surface area contributed by atoms with Gasteiger partial charge in [-0.1, -0.05) is 63.6 Å². The number of carbonyl (C=O) groups excluding carboxylic acids is 1. The summed E-state index contributed by atoms with van der Waals surface area (Å²) in [5, 5.41) is 17.3. The summed E-state index contributed by atoms with van der Waals surface area (Å²) in [5.41, 5.74) is 2.42. The molecular weight excluding hydrogens is 609 g/mol. The summed E-state index contributed by atoms with van der Waals surface area (Å²) in [6.07, 6.45) is 0. The third kappa shape index (κ3) is 4.19. The van der Waals surface area contributed by atoms with E-state index in [1.54, 1.807) is 32.9 Å². The second-order valence-electron chi connectivity index (χ2n) is 8.88. The lowest BCUT2D eigenvalue weighted by atomic mass is 9.81. The van der Waals surface area contributed by atoms with Gasteiger partial charge < -0.3 is 14.2 Å². The van der Waals surface area contributed by atoms with Crippen LogP contribution in [0.2, 0.25) is 10.0 Å². The fourth-order valence-electron chi connectivity index (χ4n) is 4.73. The molecule has 13 heteroatoms. The maximum absolute atomic E-state index is 12.5. The van der Waals surface area contributed by atoms with Crippen LogP contribution < -0.4 is 0 Å². The van der Waals surface area contributed by atoms with Crippen molar-refractivity contribution in [3.63, 3.8) is 0 Å². The van der Waals surface area contributed by atoms with Crippen LogP contribution in [0.15, 0.2) is 37.3 Å². The summed E-state index contributed by atoms with van der Waals surface area (Å²) in [7, 11) is 0. The number of carboxylic acids is 1. The molecule has 0 amide bonds. The molecule has 4 unspecified atom stereocenters. The van der Waals surface area contributed by atoms with E-state index in [-0.39, 0.29) is 37.4 Å². The Hall–Kier alpha value is -1.74. The summed E-state index contributed by atoms with van der Waals surface area (Å²) in [6, 6.07) is 4.74. The predicted octanol–water partition coefficient (Wildman–Crippen LogP) is 7.91. The van der Waals surface area contributed by atoms with Gasteiger partial charge in [0.1, 0.15) is 10.6 Å². The molecule has 3 aromatic rings. The van der Waals surface area contributed by atoms with E-state index < -0.39 is 21.6 Å². The quantitative estimate of drug-likeness (QED) is 0.294. The standard InChI is InChI=1S/C12H9Cl4NO2.C12H9Cl2NO3/c1-4-3-6(19-17-4)7-5(2)11(15)8(13)9(14)12(7,16)10(11)18;1-5-3-9(18-15-5)10-6(2)7(12(16)17)4-8(13)11(10)14/h3,5,7H,1-2H3;3-4H,1-2H3,(H,16,17). The van der Waals surface area contributed by atoms with E-state index in [1.807, 2.05) is 6.92 Å². The third-order valence-corrected chi connectivity index (χ3v) is 9.94. The Labute approximate surface area is 241 Å². The van der Waals surface area contributed by atoms with Crippen molar-refractivity contribution in [2.75, 3.05) is 0 Å². The van der Waals surface area contributed by atoms with E-state index in [0.29, 0.717) is 34.0 Å². The number of carboxylic acid groups (broad SMARTS) is 1. The van der Waals surface area contributed by atoms with E-state index in [2.05, 4.69) is 10.3 Å². The van der Waals surface area contributed by atoms with Crippen molar-refractivity contribution in [3.8, 4) is 11.3 Å². The van der Waals surface area contributed by atoms with Crippen molar-refractivity contribution in [2.45, 2.75) is 43.4 Å². The van der Waals surface area contributed by atoms with Crippen molar-refractivity contribution in [3.05, 3.63) is 66.6 Å². The lowest BCUT2D eigenvalue weighted by Crippen LogP contribution is -2.33. The SMILES string of the molecule is Cc1cc(-c2c(C)c(C(=O)O)cc(Cl)c2Cl)on1.Cc1cc(C2C(C)C3(Cl)C(=O)C2(Cl)C(Cl)=C3Cl)on1. The molecule has 37 heavy (non-hydrogen) atoms. The molecule has 5 rings (SSSR count). The van der Waals surface area contributed by atoms with Crippen molar-refractivity contribution >= 4 is 81.4 Å². The number of ketones is 1. The number of hydrogen-bond donors (Lipinski definition) is 1. The Morgan fingerprint density at radius 1 is 0.946 bits per heavy atom. The Morgan fingerprint density at radius 3 is 2.00 bits per heavy atom. The third-order valence-electron chi connectivity index (χ3n) is 6.59. The van der Waals surface area contributed by atoms with Crippen molar-refractivity contribution in [1.29, 1.82) is 0 Å². The smallest absolute Gasteiger partial charge is 0.336 e. The molecule has 1 aromatic carbocycles. The van der Waals surface area contributed by atoms with Gasteiger partial charge in [-0.15, -0.1) is 23.2 Å². The minimum atomic E-state index is -1.45. The Bertz CT molecular complexity index is 1480. The molecule has 0 spiro atoms. The second kappa shape index (κ2) is 9.78. The molecule has 2 aromatic heterocycles.